The molecule has 0 saturated carbocycles. The van der Waals surface area contributed by atoms with E-state index in [0.29, 0.717) is 6.42 Å². The SMILES string of the molecule is C=C/C=c1/c2c(ccc1=C)[N+](CCCCCC(=O)O)=C(/C=C/C=C/C=C/C=C1\N(CC)c3ccc4ccccc4c3C1(C)C)C2(C)C. The molecule has 0 amide bonds. The highest BCUT2D eigenvalue weighted by molar-refractivity contribution is 6.03. The van der Waals surface area contributed by atoms with E-state index in [1.807, 2.05) is 6.08 Å². The van der Waals surface area contributed by atoms with Gasteiger partial charge in [0.1, 0.15) is 6.54 Å². The molecule has 0 saturated heterocycles. The Bertz CT molecular complexity index is 1970. The lowest BCUT2D eigenvalue weighted by Crippen LogP contribution is -2.36. The number of hydrogen-bond donors (Lipinski definition) is 1. The Morgan fingerprint density at radius 3 is 2.36 bits per heavy atom. The van der Waals surface area contributed by atoms with Crippen LogP contribution in [0.3, 0.4) is 0 Å². The van der Waals surface area contributed by atoms with Crippen LogP contribution in [-0.2, 0) is 15.6 Å². The third-order valence-corrected chi connectivity index (χ3v) is 9.74. The zero-order valence-electron chi connectivity index (χ0n) is 28.7. The Labute approximate surface area is 280 Å². The van der Waals surface area contributed by atoms with Gasteiger partial charge in [-0.1, -0.05) is 99.9 Å². The number of carboxylic acids is 1. The van der Waals surface area contributed by atoms with Crippen LogP contribution < -0.4 is 15.3 Å². The van der Waals surface area contributed by atoms with Crippen LogP contribution in [0.15, 0.2) is 109 Å². The van der Waals surface area contributed by atoms with Gasteiger partial charge in [0.15, 0.2) is 5.71 Å². The van der Waals surface area contributed by atoms with Gasteiger partial charge in [-0.2, -0.15) is 4.58 Å². The maximum Gasteiger partial charge on any atom is 0.303 e. The minimum atomic E-state index is -0.731. The molecule has 2 heterocycles. The van der Waals surface area contributed by atoms with Crippen LogP contribution >= 0.6 is 0 Å². The third-order valence-electron chi connectivity index (χ3n) is 9.74. The number of rotatable bonds is 12. The van der Waals surface area contributed by atoms with Crippen LogP contribution in [0.25, 0.3) is 23.4 Å². The maximum absolute atomic E-state index is 11.0. The summed E-state index contributed by atoms with van der Waals surface area (Å²) in [6.45, 7) is 21.4. The summed E-state index contributed by atoms with van der Waals surface area (Å²) in [6, 6.07) is 17.5. The number of carbonyl (C=O) groups is 1. The van der Waals surface area contributed by atoms with Crippen molar-refractivity contribution in [2.45, 2.75) is 71.1 Å². The highest BCUT2D eigenvalue weighted by Crippen LogP contribution is 2.50. The number of nitrogens with zero attached hydrogens (tertiary/aromatic N) is 2. The Kier molecular flexibility index (Phi) is 10.0. The fourth-order valence-corrected chi connectivity index (χ4v) is 7.56. The van der Waals surface area contributed by atoms with Crippen LogP contribution in [0.4, 0.5) is 11.4 Å². The highest BCUT2D eigenvalue weighted by atomic mass is 16.4. The van der Waals surface area contributed by atoms with Crippen molar-refractivity contribution in [3.63, 3.8) is 0 Å². The second-order valence-electron chi connectivity index (χ2n) is 13.5. The summed E-state index contributed by atoms with van der Waals surface area (Å²) in [5, 5.41) is 13.8. The molecule has 3 aromatic carbocycles. The molecule has 0 radical (unpaired) electrons. The van der Waals surface area contributed by atoms with Gasteiger partial charge in [0.05, 0.1) is 5.41 Å². The van der Waals surface area contributed by atoms with Gasteiger partial charge in [0.2, 0.25) is 5.69 Å². The van der Waals surface area contributed by atoms with E-state index in [4.69, 9.17) is 5.11 Å². The molecule has 2 aliphatic heterocycles. The smallest absolute Gasteiger partial charge is 0.303 e. The average Bonchev–Trinajstić information content (AvgIpc) is 3.39. The van der Waals surface area contributed by atoms with Gasteiger partial charge in [-0.3, -0.25) is 4.79 Å². The van der Waals surface area contributed by atoms with Gasteiger partial charge in [-0.05, 0) is 78.6 Å². The first-order valence-corrected chi connectivity index (χ1v) is 16.9. The number of anilines is 1. The monoisotopic (exact) mass is 625 g/mol. The van der Waals surface area contributed by atoms with Crippen molar-refractivity contribution >= 4 is 46.5 Å². The van der Waals surface area contributed by atoms with Gasteiger partial charge >= 0.3 is 5.97 Å². The number of benzene rings is 3. The van der Waals surface area contributed by atoms with Gasteiger partial charge in [0, 0.05) is 53.9 Å². The molecule has 3 aromatic rings. The predicted molar refractivity (Wildman–Crippen MR) is 200 cm³/mol. The number of carboxylic acid groups (broad SMARTS) is 1. The second kappa shape index (κ2) is 14.0. The largest absolute Gasteiger partial charge is 0.481 e. The quantitative estimate of drug-likeness (QED) is 0.125. The van der Waals surface area contributed by atoms with Crippen LogP contribution in [0, 0.1) is 0 Å². The Morgan fingerprint density at radius 1 is 0.872 bits per heavy atom. The fourth-order valence-electron chi connectivity index (χ4n) is 7.56. The molecule has 0 bridgehead atoms. The van der Waals surface area contributed by atoms with E-state index in [2.05, 4.69) is 154 Å². The molecule has 0 spiro atoms. The van der Waals surface area contributed by atoms with E-state index < -0.39 is 5.97 Å². The lowest BCUT2D eigenvalue weighted by molar-refractivity contribution is -0.438. The normalized spacial score (nSPS) is 18.0. The molecule has 4 nitrogen and oxygen atoms in total. The number of fused-ring (bicyclic) bond motifs is 4. The highest BCUT2D eigenvalue weighted by Gasteiger charge is 2.45. The Balaban J connectivity index is 1.39. The first kappa shape index (κ1) is 33.7. The summed E-state index contributed by atoms with van der Waals surface area (Å²) >= 11 is 0. The van der Waals surface area contributed by atoms with Crippen molar-refractivity contribution in [2.75, 3.05) is 18.0 Å². The van der Waals surface area contributed by atoms with E-state index in [9.17, 15) is 4.79 Å². The average molecular weight is 626 g/mol. The summed E-state index contributed by atoms with van der Waals surface area (Å²) in [5.41, 5.74) is 7.35. The summed E-state index contributed by atoms with van der Waals surface area (Å²) in [7, 11) is 0. The fraction of sp³-hybridized carbons (Fsp3) is 0.302. The van der Waals surface area contributed by atoms with Gasteiger partial charge < -0.3 is 10.0 Å². The third kappa shape index (κ3) is 6.47. The molecule has 4 heteroatoms. The first-order valence-electron chi connectivity index (χ1n) is 16.9. The van der Waals surface area contributed by atoms with Crippen molar-refractivity contribution in [3.05, 3.63) is 131 Å². The van der Waals surface area contributed by atoms with Crippen molar-refractivity contribution in [1.82, 2.24) is 0 Å². The van der Waals surface area contributed by atoms with E-state index in [1.165, 1.54) is 44.7 Å². The summed E-state index contributed by atoms with van der Waals surface area (Å²) in [6.07, 6.45) is 21.7. The number of likely N-dealkylation sites (N-methyl/N-ethyl adjacent to an activating group) is 1. The van der Waals surface area contributed by atoms with E-state index in [0.717, 1.165) is 36.4 Å². The Morgan fingerprint density at radius 2 is 1.62 bits per heavy atom. The number of hydrogen-bond acceptors (Lipinski definition) is 2. The lowest BCUT2D eigenvalue weighted by atomic mass is 9.80. The van der Waals surface area contributed by atoms with Crippen molar-refractivity contribution in [2.24, 2.45) is 0 Å². The molecule has 5 rings (SSSR count). The molecule has 0 aromatic heterocycles. The molecule has 47 heavy (non-hydrogen) atoms. The summed E-state index contributed by atoms with van der Waals surface area (Å²) in [5.74, 6) is -0.731. The van der Waals surface area contributed by atoms with Crippen LogP contribution in [0.1, 0.15) is 71.4 Å². The molecular formula is C43H49N2O2+. The molecular weight excluding hydrogens is 576 g/mol. The minimum Gasteiger partial charge on any atom is -0.481 e. The maximum atomic E-state index is 11.0. The van der Waals surface area contributed by atoms with Gasteiger partial charge in [0.25, 0.3) is 0 Å². The summed E-state index contributed by atoms with van der Waals surface area (Å²) in [4.78, 5) is 13.5. The second-order valence-corrected chi connectivity index (χ2v) is 13.5. The van der Waals surface area contributed by atoms with Crippen molar-refractivity contribution < 1.29 is 14.5 Å². The molecule has 1 N–H and O–H groups in total. The molecule has 0 atom stereocenters. The van der Waals surface area contributed by atoms with Gasteiger partial charge in [-0.15, -0.1) is 0 Å². The first-order chi connectivity index (χ1) is 22.5. The zero-order valence-corrected chi connectivity index (χ0v) is 28.7. The van der Waals surface area contributed by atoms with Crippen molar-refractivity contribution in [1.29, 1.82) is 0 Å². The zero-order chi connectivity index (χ0) is 33.8. The lowest BCUT2D eigenvalue weighted by Gasteiger charge is -2.26. The molecule has 0 aliphatic carbocycles. The van der Waals surface area contributed by atoms with Crippen LogP contribution in [0.2, 0.25) is 0 Å². The number of unbranched alkanes of at least 4 members (excludes halogenated alkanes) is 2. The summed E-state index contributed by atoms with van der Waals surface area (Å²) < 4.78 is 2.41. The number of aliphatic carboxylic acids is 1. The standard InChI is InChI=1S/C43H48N2O2/c1-8-20-33-31(3)26-28-36-40(33)43(6,7)38(45(36)30-19-13-16-25-39(46)47)24-15-12-10-11-14-23-37-42(4,5)41-34-22-18-17-21-32(34)27-29-35(41)44(37)9-2/h8,10-12,14-15,17-18,20-24,26-29H,1,3,9,13,16,19,25,30H2,2,4-7H3/p+1/b33-20+. The molecule has 0 fully saturated rings. The van der Waals surface area contributed by atoms with Crippen LogP contribution in [-0.4, -0.2) is 34.5 Å². The molecule has 2 aliphatic rings. The Hall–Kier alpha value is -4.70. The molecule has 0 unspecified atom stereocenters. The van der Waals surface area contributed by atoms with E-state index in [-0.39, 0.29) is 17.3 Å². The van der Waals surface area contributed by atoms with Crippen LogP contribution in [0.5, 0.6) is 0 Å². The van der Waals surface area contributed by atoms with Crippen molar-refractivity contribution in [3.8, 4) is 0 Å². The van der Waals surface area contributed by atoms with Gasteiger partial charge in [-0.25, -0.2) is 0 Å². The molecule has 242 valence electrons. The van der Waals surface area contributed by atoms with E-state index in [1.54, 1.807) is 0 Å². The number of allylic oxidation sites excluding steroid dienone is 9. The minimum absolute atomic E-state index is 0.104. The van der Waals surface area contributed by atoms with E-state index >= 15 is 0 Å². The predicted octanol–water partition coefficient (Wildman–Crippen LogP) is 8.61. The topological polar surface area (TPSA) is 43.6 Å².